The Morgan fingerprint density at radius 2 is 1.73 bits per heavy atom. The molecule has 1 aliphatic heterocycles. The standard InChI is InChI=1S/C20H21FN2O6S/c1-14(19(24)23-10-12-28-13-11-23)29-20(25)15-6-8-16(9-7-15)30(26,27)22-18-5-3-2-4-17(18)21/h2-9,14,22H,10-13H2,1H3/t14-/m0/s1. The molecule has 0 unspecified atom stereocenters. The number of ether oxygens (including phenoxy) is 2. The Balaban J connectivity index is 1.65. The molecule has 1 heterocycles. The van der Waals surface area contributed by atoms with E-state index in [1.165, 1.54) is 49.4 Å². The summed E-state index contributed by atoms with van der Waals surface area (Å²) in [7, 11) is -4.04. The van der Waals surface area contributed by atoms with Crippen LogP contribution in [0.25, 0.3) is 0 Å². The fourth-order valence-corrected chi connectivity index (χ4v) is 3.90. The van der Waals surface area contributed by atoms with Crippen molar-refractivity contribution in [1.82, 2.24) is 4.90 Å². The highest BCUT2D eigenvalue weighted by Gasteiger charge is 2.26. The third-order valence-corrected chi connectivity index (χ3v) is 5.85. The second-order valence-corrected chi connectivity index (χ2v) is 8.28. The van der Waals surface area contributed by atoms with Gasteiger partial charge in [-0.3, -0.25) is 9.52 Å². The molecule has 2 aromatic carbocycles. The molecule has 1 aliphatic rings. The molecule has 0 aromatic heterocycles. The summed E-state index contributed by atoms with van der Waals surface area (Å²) < 4.78 is 51.1. The number of carbonyl (C=O) groups is 2. The predicted molar refractivity (Wildman–Crippen MR) is 106 cm³/mol. The van der Waals surface area contributed by atoms with Crippen LogP contribution in [0.15, 0.2) is 53.4 Å². The van der Waals surface area contributed by atoms with Crippen molar-refractivity contribution in [2.24, 2.45) is 0 Å². The van der Waals surface area contributed by atoms with E-state index < -0.39 is 27.9 Å². The third-order valence-electron chi connectivity index (χ3n) is 4.47. The number of carbonyl (C=O) groups excluding carboxylic acids is 2. The van der Waals surface area contributed by atoms with E-state index in [-0.39, 0.29) is 22.1 Å². The zero-order chi connectivity index (χ0) is 21.7. The fraction of sp³-hybridized carbons (Fsp3) is 0.300. The zero-order valence-electron chi connectivity index (χ0n) is 16.2. The summed E-state index contributed by atoms with van der Waals surface area (Å²) >= 11 is 0. The molecule has 10 heteroatoms. The summed E-state index contributed by atoms with van der Waals surface area (Å²) in [6.07, 6.45) is -0.985. The number of hydrogen-bond acceptors (Lipinski definition) is 6. The van der Waals surface area contributed by atoms with E-state index in [4.69, 9.17) is 9.47 Å². The van der Waals surface area contributed by atoms with Gasteiger partial charge < -0.3 is 14.4 Å². The minimum Gasteiger partial charge on any atom is -0.449 e. The Morgan fingerprint density at radius 1 is 1.10 bits per heavy atom. The number of esters is 1. The Hall–Kier alpha value is -2.98. The summed E-state index contributed by atoms with van der Waals surface area (Å²) in [6, 6.07) is 10.3. The van der Waals surface area contributed by atoms with Crippen LogP contribution in [-0.4, -0.2) is 57.6 Å². The van der Waals surface area contributed by atoms with Crippen molar-refractivity contribution in [1.29, 1.82) is 0 Å². The second kappa shape index (κ2) is 9.23. The first kappa shape index (κ1) is 21.7. The van der Waals surface area contributed by atoms with Crippen molar-refractivity contribution in [3.05, 3.63) is 59.9 Å². The van der Waals surface area contributed by atoms with Crippen molar-refractivity contribution >= 4 is 27.6 Å². The van der Waals surface area contributed by atoms with E-state index in [1.54, 1.807) is 4.90 Å². The molecule has 0 spiro atoms. The van der Waals surface area contributed by atoms with Crippen molar-refractivity contribution in [2.75, 3.05) is 31.0 Å². The first-order valence-corrected chi connectivity index (χ1v) is 10.7. The maximum Gasteiger partial charge on any atom is 0.338 e. The normalized spacial score (nSPS) is 15.3. The van der Waals surface area contributed by atoms with Crippen molar-refractivity contribution in [3.8, 4) is 0 Å². The summed E-state index contributed by atoms with van der Waals surface area (Å²) in [5.74, 6) is -1.78. The SMILES string of the molecule is C[C@H](OC(=O)c1ccc(S(=O)(=O)Nc2ccccc2F)cc1)C(=O)N1CCOCC1. The van der Waals surface area contributed by atoms with Crippen LogP contribution in [0, 0.1) is 5.82 Å². The average molecular weight is 436 g/mol. The van der Waals surface area contributed by atoms with E-state index in [1.807, 2.05) is 0 Å². The Kier molecular flexibility index (Phi) is 6.68. The molecular formula is C20H21FN2O6S. The lowest BCUT2D eigenvalue weighted by Crippen LogP contribution is -2.46. The first-order valence-electron chi connectivity index (χ1n) is 9.23. The number of halogens is 1. The molecule has 3 rings (SSSR count). The molecule has 0 radical (unpaired) electrons. The molecule has 160 valence electrons. The highest BCUT2D eigenvalue weighted by Crippen LogP contribution is 2.19. The zero-order valence-corrected chi connectivity index (χ0v) is 17.0. The number of nitrogens with one attached hydrogen (secondary N) is 1. The molecular weight excluding hydrogens is 415 g/mol. The van der Waals surface area contributed by atoms with Gasteiger partial charge in [-0.2, -0.15) is 0 Å². The Morgan fingerprint density at radius 3 is 2.37 bits per heavy atom. The molecule has 1 N–H and O–H groups in total. The van der Waals surface area contributed by atoms with Crippen LogP contribution < -0.4 is 4.72 Å². The van der Waals surface area contributed by atoms with E-state index in [2.05, 4.69) is 4.72 Å². The number of hydrogen-bond donors (Lipinski definition) is 1. The molecule has 1 amide bonds. The largest absolute Gasteiger partial charge is 0.449 e. The van der Waals surface area contributed by atoms with Crippen LogP contribution in [0.5, 0.6) is 0 Å². The van der Waals surface area contributed by atoms with E-state index in [9.17, 15) is 22.4 Å². The fourth-order valence-electron chi connectivity index (χ4n) is 2.84. The summed E-state index contributed by atoms with van der Waals surface area (Å²) in [5.41, 5.74) is -0.0992. The Labute approximate surface area is 173 Å². The molecule has 0 saturated carbocycles. The van der Waals surface area contributed by atoms with Gasteiger partial charge in [0.2, 0.25) is 0 Å². The van der Waals surface area contributed by atoms with E-state index in [0.29, 0.717) is 26.3 Å². The van der Waals surface area contributed by atoms with Crippen LogP contribution in [0.3, 0.4) is 0 Å². The molecule has 8 nitrogen and oxygen atoms in total. The topological polar surface area (TPSA) is 102 Å². The molecule has 0 aliphatic carbocycles. The van der Waals surface area contributed by atoms with Gasteiger partial charge >= 0.3 is 5.97 Å². The minimum absolute atomic E-state index is 0.0847. The molecule has 2 aromatic rings. The van der Waals surface area contributed by atoms with Crippen molar-refractivity contribution in [3.63, 3.8) is 0 Å². The number of anilines is 1. The monoisotopic (exact) mass is 436 g/mol. The smallest absolute Gasteiger partial charge is 0.338 e. The van der Waals surface area contributed by atoms with Crippen LogP contribution in [-0.2, 0) is 24.3 Å². The molecule has 1 fully saturated rings. The number of para-hydroxylation sites is 1. The van der Waals surface area contributed by atoms with Gasteiger partial charge in [-0.25, -0.2) is 17.6 Å². The van der Waals surface area contributed by atoms with Crippen LogP contribution in [0.2, 0.25) is 0 Å². The molecule has 1 atom stereocenters. The number of benzene rings is 2. The quantitative estimate of drug-likeness (QED) is 0.696. The van der Waals surface area contributed by atoms with Gasteiger partial charge in [0, 0.05) is 13.1 Å². The van der Waals surface area contributed by atoms with Crippen LogP contribution in [0.4, 0.5) is 10.1 Å². The highest BCUT2D eigenvalue weighted by molar-refractivity contribution is 7.92. The van der Waals surface area contributed by atoms with Gasteiger partial charge in [0.15, 0.2) is 6.10 Å². The van der Waals surface area contributed by atoms with E-state index in [0.717, 1.165) is 6.07 Å². The second-order valence-electron chi connectivity index (χ2n) is 6.59. The number of rotatable bonds is 6. The van der Waals surface area contributed by atoms with Gasteiger partial charge in [-0.1, -0.05) is 12.1 Å². The van der Waals surface area contributed by atoms with Gasteiger partial charge in [-0.15, -0.1) is 0 Å². The van der Waals surface area contributed by atoms with E-state index >= 15 is 0 Å². The lowest BCUT2D eigenvalue weighted by atomic mass is 10.2. The third kappa shape index (κ3) is 5.14. The molecule has 30 heavy (non-hydrogen) atoms. The minimum atomic E-state index is -4.04. The molecule has 1 saturated heterocycles. The molecule has 0 bridgehead atoms. The van der Waals surface area contributed by atoms with Gasteiger partial charge in [0.05, 0.1) is 29.4 Å². The summed E-state index contributed by atoms with van der Waals surface area (Å²) in [6.45, 7) is 3.21. The average Bonchev–Trinajstić information content (AvgIpc) is 2.75. The van der Waals surface area contributed by atoms with Crippen molar-refractivity contribution < 1.29 is 31.9 Å². The first-order chi connectivity index (χ1) is 14.3. The maximum atomic E-state index is 13.7. The van der Waals surface area contributed by atoms with Crippen LogP contribution >= 0.6 is 0 Å². The van der Waals surface area contributed by atoms with Crippen LogP contribution in [0.1, 0.15) is 17.3 Å². The lowest BCUT2D eigenvalue weighted by molar-refractivity contribution is -0.143. The summed E-state index contributed by atoms with van der Waals surface area (Å²) in [5, 5.41) is 0. The van der Waals surface area contributed by atoms with Crippen molar-refractivity contribution in [2.45, 2.75) is 17.9 Å². The van der Waals surface area contributed by atoms with Gasteiger partial charge in [0.25, 0.3) is 15.9 Å². The maximum absolute atomic E-state index is 13.7. The predicted octanol–water partition coefficient (Wildman–Crippen LogP) is 2.03. The van der Waals surface area contributed by atoms with Gasteiger partial charge in [0.1, 0.15) is 5.82 Å². The lowest BCUT2D eigenvalue weighted by Gasteiger charge is -2.28. The van der Waals surface area contributed by atoms with Gasteiger partial charge in [-0.05, 0) is 43.3 Å². The number of sulfonamides is 1. The summed E-state index contributed by atoms with van der Waals surface area (Å²) in [4.78, 5) is 26.0. The highest BCUT2D eigenvalue weighted by atomic mass is 32.2. The number of amides is 1. The number of nitrogens with zero attached hydrogens (tertiary/aromatic N) is 1. The Bertz CT molecular complexity index is 1020. The number of morpholine rings is 1.